The molecule has 0 aromatic rings. The summed E-state index contributed by atoms with van der Waals surface area (Å²) in [6, 6.07) is 0.358. The number of hydrogen-bond donors (Lipinski definition) is 1. The second-order valence-corrected chi connectivity index (χ2v) is 4.86. The highest BCUT2D eigenvalue weighted by atomic mass is 15.2. The molecule has 2 rings (SSSR count). The van der Waals surface area contributed by atoms with E-state index in [0.29, 0.717) is 6.04 Å². The quantitative estimate of drug-likeness (QED) is 0.709. The smallest absolute Gasteiger partial charge is 0.0297 e. The zero-order valence-corrected chi connectivity index (χ0v) is 9.28. The Morgan fingerprint density at radius 3 is 2.43 bits per heavy atom. The lowest BCUT2D eigenvalue weighted by Crippen LogP contribution is -2.40. The number of hydrogen-bond acceptors (Lipinski definition) is 3. The lowest BCUT2D eigenvalue weighted by Gasteiger charge is -2.21. The molecule has 3 nitrogen and oxygen atoms in total. The molecule has 0 spiro atoms. The first-order chi connectivity index (χ1) is 6.78. The fraction of sp³-hybridized carbons (Fsp3) is 1.00. The second-order valence-electron chi connectivity index (χ2n) is 4.86. The molecule has 2 aliphatic rings. The average Bonchev–Trinajstić information content (AvgIpc) is 2.95. The summed E-state index contributed by atoms with van der Waals surface area (Å²) in [5, 5.41) is 0. The minimum atomic E-state index is 0.358. The van der Waals surface area contributed by atoms with E-state index in [9.17, 15) is 0 Å². The first kappa shape index (κ1) is 10.4. The third-order valence-corrected chi connectivity index (χ3v) is 3.38. The Balaban J connectivity index is 1.81. The minimum Gasteiger partial charge on any atom is -0.325 e. The van der Waals surface area contributed by atoms with Gasteiger partial charge in [-0.25, -0.2) is 0 Å². The van der Waals surface area contributed by atoms with E-state index in [-0.39, 0.29) is 0 Å². The van der Waals surface area contributed by atoms with E-state index < -0.39 is 0 Å². The highest BCUT2D eigenvalue weighted by Crippen LogP contribution is 2.29. The van der Waals surface area contributed by atoms with E-state index in [4.69, 9.17) is 5.73 Å². The van der Waals surface area contributed by atoms with Crippen molar-refractivity contribution in [2.75, 3.05) is 39.3 Å². The van der Waals surface area contributed by atoms with Crippen molar-refractivity contribution in [2.24, 2.45) is 11.7 Å². The molecule has 0 aromatic heterocycles. The zero-order chi connectivity index (χ0) is 9.97. The third-order valence-electron chi connectivity index (χ3n) is 3.38. The van der Waals surface area contributed by atoms with Gasteiger partial charge >= 0.3 is 0 Å². The van der Waals surface area contributed by atoms with E-state index in [1.165, 1.54) is 32.5 Å². The molecule has 14 heavy (non-hydrogen) atoms. The summed E-state index contributed by atoms with van der Waals surface area (Å²) < 4.78 is 0. The van der Waals surface area contributed by atoms with Crippen molar-refractivity contribution >= 4 is 0 Å². The maximum Gasteiger partial charge on any atom is 0.0297 e. The van der Waals surface area contributed by atoms with Gasteiger partial charge in [-0.3, -0.25) is 0 Å². The maximum absolute atomic E-state index is 6.10. The van der Waals surface area contributed by atoms with Crippen molar-refractivity contribution < 1.29 is 0 Å². The number of nitrogens with zero attached hydrogens (tertiary/aromatic N) is 2. The molecule has 1 aliphatic carbocycles. The van der Waals surface area contributed by atoms with Gasteiger partial charge in [0.15, 0.2) is 0 Å². The number of rotatable bonds is 3. The summed E-state index contributed by atoms with van der Waals surface area (Å²) in [7, 11) is 0. The van der Waals surface area contributed by atoms with Gasteiger partial charge in [0.05, 0.1) is 0 Å². The van der Waals surface area contributed by atoms with Crippen LogP contribution < -0.4 is 5.73 Å². The Morgan fingerprint density at radius 1 is 1.14 bits per heavy atom. The van der Waals surface area contributed by atoms with Crippen LogP contribution in [0.5, 0.6) is 0 Å². The van der Waals surface area contributed by atoms with Gasteiger partial charge in [0, 0.05) is 38.8 Å². The van der Waals surface area contributed by atoms with Gasteiger partial charge < -0.3 is 15.5 Å². The van der Waals surface area contributed by atoms with E-state index in [1.54, 1.807) is 0 Å². The van der Waals surface area contributed by atoms with Crippen LogP contribution in [0.4, 0.5) is 0 Å². The molecule has 1 aliphatic heterocycles. The lowest BCUT2D eigenvalue weighted by molar-refractivity contribution is 0.255. The first-order valence-electron chi connectivity index (χ1n) is 5.98. The Hall–Kier alpha value is -0.120. The van der Waals surface area contributed by atoms with E-state index in [2.05, 4.69) is 16.7 Å². The molecular formula is C11H23N3. The summed E-state index contributed by atoms with van der Waals surface area (Å²) in [5.74, 6) is 0.996. The van der Waals surface area contributed by atoms with Crippen LogP contribution in [0, 0.1) is 5.92 Å². The van der Waals surface area contributed by atoms with Gasteiger partial charge in [-0.1, -0.05) is 6.92 Å². The molecule has 1 saturated carbocycles. The first-order valence-corrected chi connectivity index (χ1v) is 5.98. The molecule has 0 aromatic carbocycles. The largest absolute Gasteiger partial charge is 0.325 e. The summed E-state index contributed by atoms with van der Waals surface area (Å²) in [4.78, 5) is 5.04. The molecule has 82 valence electrons. The maximum atomic E-state index is 6.10. The molecule has 0 radical (unpaired) electrons. The average molecular weight is 197 g/mol. The molecule has 1 atom stereocenters. The molecule has 0 unspecified atom stereocenters. The van der Waals surface area contributed by atoms with Gasteiger partial charge in [0.25, 0.3) is 0 Å². The Bertz CT molecular complexity index is 179. The monoisotopic (exact) mass is 197 g/mol. The van der Waals surface area contributed by atoms with Gasteiger partial charge in [-0.05, 0) is 25.3 Å². The van der Waals surface area contributed by atoms with Crippen LogP contribution >= 0.6 is 0 Å². The minimum absolute atomic E-state index is 0.358. The van der Waals surface area contributed by atoms with Crippen LogP contribution in [0.1, 0.15) is 19.8 Å². The van der Waals surface area contributed by atoms with Crippen LogP contribution in [-0.2, 0) is 0 Å². The fourth-order valence-electron chi connectivity index (χ4n) is 2.31. The number of likely N-dealkylation sites (N-methyl/N-ethyl adjacent to an activating group) is 1. The highest BCUT2D eigenvalue weighted by molar-refractivity contribution is 4.83. The van der Waals surface area contributed by atoms with Crippen molar-refractivity contribution in [3.63, 3.8) is 0 Å². The van der Waals surface area contributed by atoms with Crippen molar-refractivity contribution in [3.05, 3.63) is 0 Å². The number of nitrogens with two attached hydrogens (primary N) is 1. The zero-order valence-electron chi connectivity index (χ0n) is 9.28. The van der Waals surface area contributed by atoms with Gasteiger partial charge in [0.2, 0.25) is 0 Å². The van der Waals surface area contributed by atoms with Crippen molar-refractivity contribution in [1.29, 1.82) is 0 Å². The van der Waals surface area contributed by atoms with Crippen LogP contribution in [0.15, 0.2) is 0 Å². The van der Waals surface area contributed by atoms with Crippen LogP contribution in [-0.4, -0.2) is 55.1 Å². The SMILES string of the molecule is CCN1CCN(CC2CC2)C[C@@H](N)C1. The standard InChI is InChI=1S/C11H23N3/c1-2-13-5-6-14(7-10-3-4-10)9-11(12)8-13/h10-11H,2-9,12H2,1H3/t11-/m0/s1. The summed E-state index contributed by atoms with van der Waals surface area (Å²) in [5.41, 5.74) is 6.10. The Morgan fingerprint density at radius 2 is 1.79 bits per heavy atom. The van der Waals surface area contributed by atoms with Crippen LogP contribution in [0.25, 0.3) is 0 Å². The molecule has 1 saturated heterocycles. The molecule has 1 heterocycles. The molecule has 0 bridgehead atoms. The van der Waals surface area contributed by atoms with Gasteiger partial charge in [-0.2, -0.15) is 0 Å². The third kappa shape index (κ3) is 2.94. The predicted molar refractivity (Wildman–Crippen MR) is 59.3 cm³/mol. The molecular weight excluding hydrogens is 174 g/mol. The summed E-state index contributed by atoms with van der Waals surface area (Å²) in [6.07, 6.45) is 2.90. The lowest BCUT2D eigenvalue weighted by atomic mass is 10.2. The van der Waals surface area contributed by atoms with Crippen molar-refractivity contribution in [1.82, 2.24) is 9.80 Å². The Labute approximate surface area is 87.2 Å². The van der Waals surface area contributed by atoms with E-state index in [0.717, 1.165) is 25.6 Å². The summed E-state index contributed by atoms with van der Waals surface area (Å²) in [6.45, 7) is 9.28. The second kappa shape index (κ2) is 4.60. The van der Waals surface area contributed by atoms with Gasteiger partial charge in [-0.15, -0.1) is 0 Å². The Kier molecular flexibility index (Phi) is 3.42. The van der Waals surface area contributed by atoms with E-state index in [1.807, 2.05) is 0 Å². The summed E-state index contributed by atoms with van der Waals surface area (Å²) >= 11 is 0. The highest BCUT2D eigenvalue weighted by Gasteiger charge is 2.26. The van der Waals surface area contributed by atoms with Crippen molar-refractivity contribution in [3.8, 4) is 0 Å². The van der Waals surface area contributed by atoms with Crippen molar-refractivity contribution in [2.45, 2.75) is 25.8 Å². The predicted octanol–water partition coefficient (Wildman–Crippen LogP) is 0.361. The topological polar surface area (TPSA) is 32.5 Å². The van der Waals surface area contributed by atoms with E-state index >= 15 is 0 Å². The molecule has 3 heteroatoms. The van der Waals surface area contributed by atoms with Crippen LogP contribution in [0.2, 0.25) is 0 Å². The molecule has 2 fully saturated rings. The molecule has 2 N–H and O–H groups in total. The molecule has 0 amide bonds. The van der Waals surface area contributed by atoms with Crippen LogP contribution in [0.3, 0.4) is 0 Å². The normalized spacial score (nSPS) is 31.7. The van der Waals surface area contributed by atoms with Gasteiger partial charge in [0.1, 0.15) is 0 Å². The fourth-order valence-corrected chi connectivity index (χ4v) is 2.31.